The molecule has 3 heterocycles. The normalized spacial score (nSPS) is 15.5. The molecule has 1 atom stereocenters. The van der Waals surface area contributed by atoms with Gasteiger partial charge in [0.05, 0.1) is 17.0 Å². The number of aromatic nitrogens is 4. The maximum absolute atomic E-state index is 14.3. The molecule has 0 bridgehead atoms. The van der Waals surface area contributed by atoms with E-state index >= 15 is 0 Å². The summed E-state index contributed by atoms with van der Waals surface area (Å²) in [7, 11) is 0. The molecule has 2 aromatic carbocycles. The van der Waals surface area contributed by atoms with E-state index in [2.05, 4.69) is 16.5 Å². The van der Waals surface area contributed by atoms with Crippen LogP contribution in [0.5, 0.6) is 0 Å². The molecule has 2 N–H and O–H groups in total. The zero-order valence-electron chi connectivity index (χ0n) is 21.2. The van der Waals surface area contributed by atoms with Crippen molar-refractivity contribution in [1.29, 1.82) is 0 Å². The summed E-state index contributed by atoms with van der Waals surface area (Å²) in [5.41, 5.74) is 9.94. The van der Waals surface area contributed by atoms with Crippen LogP contribution in [0.3, 0.4) is 0 Å². The maximum atomic E-state index is 14.3. The van der Waals surface area contributed by atoms with Crippen molar-refractivity contribution in [3.8, 4) is 11.3 Å². The van der Waals surface area contributed by atoms with Crippen LogP contribution in [-0.2, 0) is 11.2 Å². The first-order valence-electron chi connectivity index (χ1n) is 12.6. The number of carbonyl (C=O) groups is 2. The zero-order valence-corrected chi connectivity index (χ0v) is 21.2. The van der Waals surface area contributed by atoms with Gasteiger partial charge in [0.15, 0.2) is 11.4 Å². The van der Waals surface area contributed by atoms with Crippen LogP contribution in [0.25, 0.3) is 22.3 Å². The summed E-state index contributed by atoms with van der Waals surface area (Å²) in [4.78, 5) is 35.2. The molecule has 1 saturated heterocycles. The molecule has 1 amide bonds. The predicted octanol–water partition coefficient (Wildman–Crippen LogP) is 4.69. The molecule has 0 spiro atoms. The van der Waals surface area contributed by atoms with Gasteiger partial charge in [-0.25, -0.2) is 19.0 Å². The zero-order chi connectivity index (χ0) is 26.8. The first-order valence-corrected chi connectivity index (χ1v) is 12.6. The molecule has 38 heavy (non-hydrogen) atoms. The van der Waals surface area contributed by atoms with E-state index in [9.17, 15) is 14.0 Å². The van der Waals surface area contributed by atoms with E-state index in [-0.39, 0.29) is 29.7 Å². The van der Waals surface area contributed by atoms with E-state index in [4.69, 9.17) is 10.8 Å². The summed E-state index contributed by atoms with van der Waals surface area (Å²) in [5.74, 6) is -0.438. The number of carbonyl (C=O) groups excluding carboxylic acids is 2. The minimum atomic E-state index is -0.454. The molecule has 8 nitrogen and oxygen atoms in total. The second-order valence-electron chi connectivity index (χ2n) is 9.59. The average molecular weight is 513 g/mol. The smallest absolute Gasteiger partial charge is 0.246 e. The van der Waals surface area contributed by atoms with Crippen LogP contribution >= 0.6 is 0 Å². The Balaban J connectivity index is 1.39. The number of hydrogen-bond donors (Lipinski definition) is 1. The molecule has 1 aliphatic rings. The van der Waals surface area contributed by atoms with Crippen molar-refractivity contribution in [3.05, 3.63) is 84.0 Å². The first-order chi connectivity index (χ1) is 18.4. The fraction of sp³-hybridized carbons (Fsp3) is 0.276. The molecule has 0 aliphatic carbocycles. The number of piperidine rings is 1. The van der Waals surface area contributed by atoms with Gasteiger partial charge in [-0.05, 0) is 49.5 Å². The van der Waals surface area contributed by atoms with Crippen LogP contribution in [0.1, 0.15) is 46.8 Å². The average Bonchev–Trinajstić information content (AvgIpc) is 3.34. The van der Waals surface area contributed by atoms with Gasteiger partial charge in [0.1, 0.15) is 23.7 Å². The summed E-state index contributed by atoms with van der Waals surface area (Å²) < 4.78 is 16.2. The van der Waals surface area contributed by atoms with E-state index in [1.807, 2.05) is 28.9 Å². The molecule has 1 fully saturated rings. The highest BCUT2D eigenvalue weighted by Gasteiger charge is 2.28. The summed E-state index contributed by atoms with van der Waals surface area (Å²) >= 11 is 0. The van der Waals surface area contributed by atoms with Gasteiger partial charge >= 0.3 is 0 Å². The van der Waals surface area contributed by atoms with Gasteiger partial charge in [-0.1, -0.05) is 43.0 Å². The molecule has 194 valence electrons. The number of nitrogens with two attached hydrogens (primary N) is 1. The lowest BCUT2D eigenvalue weighted by atomic mass is 9.99. The highest BCUT2D eigenvalue weighted by atomic mass is 19.1. The molecule has 5 rings (SSSR count). The fourth-order valence-corrected chi connectivity index (χ4v) is 5.02. The lowest BCUT2D eigenvalue weighted by Gasteiger charge is -2.32. The number of halogens is 1. The SMILES string of the molecule is C=CC(=O)N1CCCC(n2nc(-c3ccc(CCC(=O)c4cccc(C)c4F)cc3)c3c(N)ncnc32)C1. The van der Waals surface area contributed by atoms with Crippen molar-refractivity contribution in [3.63, 3.8) is 0 Å². The fourth-order valence-electron chi connectivity index (χ4n) is 5.02. The van der Waals surface area contributed by atoms with Crippen molar-refractivity contribution in [2.24, 2.45) is 0 Å². The van der Waals surface area contributed by atoms with Gasteiger partial charge < -0.3 is 10.6 Å². The highest BCUT2D eigenvalue weighted by molar-refractivity contribution is 5.98. The molecule has 0 radical (unpaired) electrons. The number of nitrogen functional groups attached to an aromatic ring is 1. The Bertz CT molecular complexity index is 1530. The number of ketones is 1. The number of nitrogens with zero attached hydrogens (tertiary/aromatic N) is 5. The van der Waals surface area contributed by atoms with Crippen LogP contribution in [0.15, 0.2) is 61.4 Å². The number of aryl methyl sites for hydroxylation is 2. The van der Waals surface area contributed by atoms with Crippen LogP contribution < -0.4 is 5.73 Å². The second-order valence-corrected chi connectivity index (χ2v) is 9.59. The quantitative estimate of drug-likeness (QED) is 0.284. The summed E-state index contributed by atoms with van der Waals surface area (Å²) in [6.45, 7) is 6.46. The third kappa shape index (κ3) is 4.79. The van der Waals surface area contributed by atoms with Gasteiger partial charge in [0.25, 0.3) is 0 Å². The van der Waals surface area contributed by atoms with E-state index in [1.54, 1.807) is 24.0 Å². The van der Waals surface area contributed by atoms with Gasteiger partial charge in [-0.2, -0.15) is 5.10 Å². The number of likely N-dealkylation sites (tertiary alicyclic amines) is 1. The molecule has 0 saturated carbocycles. The molecular weight excluding hydrogens is 483 g/mol. The summed E-state index contributed by atoms with van der Waals surface area (Å²) in [6.07, 6.45) is 5.16. The molecule has 1 aliphatic heterocycles. The Morgan fingerprint density at radius 1 is 1.18 bits per heavy atom. The van der Waals surface area contributed by atoms with E-state index < -0.39 is 5.82 Å². The van der Waals surface area contributed by atoms with Crippen molar-refractivity contribution < 1.29 is 14.0 Å². The Morgan fingerprint density at radius 2 is 1.97 bits per heavy atom. The van der Waals surface area contributed by atoms with Crippen LogP contribution in [0.4, 0.5) is 10.2 Å². The van der Waals surface area contributed by atoms with Crippen LogP contribution in [0, 0.1) is 12.7 Å². The topological polar surface area (TPSA) is 107 Å². The summed E-state index contributed by atoms with van der Waals surface area (Å²) in [6, 6.07) is 12.6. The number of rotatable bonds is 7. The number of hydrogen-bond acceptors (Lipinski definition) is 6. The third-order valence-corrected chi connectivity index (χ3v) is 7.11. The van der Waals surface area contributed by atoms with Crippen molar-refractivity contribution >= 4 is 28.5 Å². The van der Waals surface area contributed by atoms with Gasteiger partial charge in [0.2, 0.25) is 5.91 Å². The molecule has 9 heteroatoms. The number of amides is 1. The molecule has 4 aromatic rings. The van der Waals surface area contributed by atoms with Gasteiger partial charge in [-0.15, -0.1) is 0 Å². The van der Waals surface area contributed by atoms with E-state index in [0.29, 0.717) is 47.6 Å². The maximum Gasteiger partial charge on any atom is 0.246 e. The Morgan fingerprint density at radius 3 is 2.74 bits per heavy atom. The number of anilines is 1. The van der Waals surface area contributed by atoms with Crippen LogP contribution in [0.2, 0.25) is 0 Å². The number of benzene rings is 2. The van der Waals surface area contributed by atoms with E-state index in [1.165, 1.54) is 18.5 Å². The Labute approximate surface area is 220 Å². The second kappa shape index (κ2) is 10.5. The molecule has 1 unspecified atom stereocenters. The summed E-state index contributed by atoms with van der Waals surface area (Å²) in [5, 5.41) is 5.56. The standard InChI is InChI=1S/C29H29FN6O2/c1-3-24(38)35-15-5-7-21(16-35)36-29-25(28(31)32-17-33-29)27(34-36)20-12-9-19(10-13-20)11-14-23(37)22-8-4-6-18(2)26(22)30/h3-4,6,8-10,12-13,17,21H,1,5,7,11,14-16H2,2H3,(H2,31,32,33). The van der Waals surface area contributed by atoms with E-state index in [0.717, 1.165) is 24.0 Å². The first kappa shape index (κ1) is 25.3. The Hall–Kier alpha value is -4.40. The third-order valence-electron chi connectivity index (χ3n) is 7.11. The van der Waals surface area contributed by atoms with Crippen molar-refractivity contribution in [2.75, 3.05) is 18.8 Å². The van der Waals surface area contributed by atoms with Gasteiger partial charge in [-0.3, -0.25) is 9.59 Å². The molecule has 2 aromatic heterocycles. The predicted molar refractivity (Wildman–Crippen MR) is 144 cm³/mol. The lowest BCUT2D eigenvalue weighted by Crippen LogP contribution is -2.40. The highest BCUT2D eigenvalue weighted by Crippen LogP contribution is 2.34. The van der Waals surface area contributed by atoms with Crippen molar-refractivity contribution in [2.45, 2.75) is 38.6 Å². The van der Waals surface area contributed by atoms with Gasteiger partial charge in [0, 0.05) is 25.1 Å². The van der Waals surface area contributed by atoms with Crippen molar-refractivity contribution in [1.82, 2.24) is 24.6 Å². The minimum absolute atomic E-state index is 0.0505. The Kier molecular flexibility index (Phi) is 7.00. The largest absolute Gasteiger partial charge is 0.383 e. The minimum Gasteiger partial charge on any atom is -0.383 e. The van der Waals surface area contributed by atoms with Crippen LogP contribution in [-0.4, -0.2) is 49.4 Å². The molecular formula is C29H29FN6O2. The lowest BCUT2D eigenvalue weighted by molar-refractivity contribution is -0.127. The monoisotopic (exact) mass is 512 g/mol. The number of fused-ring (bicyclic) bond motifs is 1. The number of Topliss-reactive ketones (excluding diaryl/α,β-unsaturated/α-hetero) is 1.